The second-order valence-corrected chi connectivity index (χ2v) is 4.10. The fraction of sp³-hybridized carbons (Fsp3) is 0.250. The Labute approximate surface area is 99.0 Å². The lowest BCUT2D eigenvalue weighted by atomic mass is 10.0. The number of hydrogen-bond acceptors (Lipinski definition) is 0. The van der Waals surface area contributed by atoms with Gasteiger partial charge in [0.2, 0.25) is 0 Å². The highest BCUT2D eigenvalue weighted by atomic mass is 14.0. The number of rotatable bonds is 0. The molecule has 0 nitrogen and oxygen atoms in total. The van der Waals surface area contributed by atoms with Gasteiger partial charge < -0.3 is 0 Å². The molecule has 0 aliphatic heterocycles. The summed E-state index contributed by atoms with van der Waals surface area (Å²) < 4.78 is 0. The summed E-state index contributed by atoms with van der Waals surface area (Å²) in [7, 11) is 0. The maximum Gasteiger partial charge on any atom is -0.0392 e. The molecule has 0 spiro atoms. The molecule has 0 N–H and O–H groups in total. The van der Waals surface area contributed by atoms with E-state index in [9.17, 15) is 0 Å². The Morgan fingerprint density at radius 3 is 1.00 bits per heavy atom. The molecule has 0 amide bonds. The Balaban J connectivity index is 0.000000181. The second kappa shape index (κ2) is 6.12. The summed E-state index contributed by atoms with van der Waals surface area (Å²) in [6.07, 6.45) is 0. The average molecular weight is 212 g/mol. The van der Waals surface area contributed by atoms with Crippen LogP contribution in [0.15, 0.2) is 48.5 Å². The van der Waals surface area contributed by atoms with Gasteiger partial charge in [-0.05, 0) is 49.9 Å². The Bertz CT molecular complexity index is 374. The van der Waals surface area contributed by atoms with E-state index in [4.69, 9.17) is 0 Å². The predicted octanol–water partition coefficient (Wildman–Crippen LogP) is 4.61. The summed E-state index contributed by atoms with van der Waals surface area (Å²) in [6.45, 7) is 8.67. The first-order valence-corrected chi connectivity index (χ1v) is 5.66. The maximum absolute atomic E-state index is 2.18. The van der Waals surface area contributed by atoms with Crippen LogP contribution in [-0.4, -0.2) is 0 Å². The molecule has 0 radical (unpaired) electrons. The molecule has 84 valence electrons. The van der Waals surface area contributed by atoms with Gasteiger partial charge >= 0.3 is 0 Å². The molecule has 0 aromatic heterocycles. The van der Waals surface area contributed by atoms with Gasteiger partial charge in [0, 0.05) is 0 Å². The monoisotopic (exact) mass is 212 g/mol. The zero-order chi connectivity index (χ0) is 12.0. The van der Waals surface area contributed by atoms with Crippen LogP contribution in [-0.2, 0) is 0 Å². The molecule has 0 bridgehead atoms. The molecule has 0 aliphatic carbocycles. The first kappa shape index (κ1) is 12.5. The van der Waals surface area contributed by atoms with Gasteiger partial charge in [-0.15, -0.1) is 0 Å². The van der Waals surface area contributed by atoms with Gasteiger partial charge in [0.25, 0.3) is 0 Å². The number of benzene rings is 2. The van der Waals surface area contributed by atoms with E-state index >= 15 is 0 Å². The van der Waals surface area contributed by atoms with Crippen molar-refractivity contribution in [3.63, 3.8) is 0 Å². The molecule has 0 atom stereocenters. The standard InChI is InChI=1S/C10H14.C6H6/c1-7-5-6-8(2)10(4)9(7)3;1-2-4-6-5-3-1/h5-6H,1-4H3;1-6H. The zero-order valence-electron chi connectivity index (χ0n) is 10.6. The van der Waals surface area contributed by atoms with Gasteiger partial charge in [0.05, 0.1) is 0 Å². The summed E-state index contributed by atoms with van der Waals surface area (Å²) in [5.41, 5.74) is 5.64. The topological polar surface area (TPSA) is 0 Å². The predicted molar refractivity (Wildman–Crippen MR) is 71.8 cm³/mol. The van der Waals surface area contributed by atoms with Gasteiger partial charge in [-0.3, -0.25) is 0 Å². The molecule has 0 fully saturated rings. The van der Waals surface area contributed by atoms with Crippen LogP contribution in [0.2, 0.25) is 0 Å². The quantitative estimate of drug-likeness (QED) is 0.598. The maximum atomic E-state index is 2.18. The highest BCUT2D eigenvalue weighted by Gasteiger charge is 1.97. The molecule has 0 heterocycles. The van der Waals surface area contributed by atoms with E-state index in [1.165, 1.54) is 22.3 Å². The van der Waals surface area contributed by atoms with Crippen molar-refractivity contribution in [1.29, 1.82) is 0 Å². The molecule has 2 aromatic rings. The van der Waals surface area contributed by atoms with Crippen molar-refractivity contribution < 1.29 is 0 Å². The Morgan fingerprint density at radius 1 is 0.500 bits per heavy atom. The van der Waals surface area contributed by atoms with Crippen LogP contribution >= 0.6 is 0 Å². The van der Waals surface area contributed by atoms with E-state index in [-0.39, 0.29) is 0 Å². The molecular formula is C16H20. The summed E-state index contributed by atoms with van der Waals surface area (Å²) in [5.74, 6) is 0. The second-order valence-electron chi connectivity index (χ2n) is 4.10. The minimum absolute atomic E-state index is 1.39. The lowest BCUT2D eigenvalue weighted by molar-refractivity contribution is 1.22. The smallest absolute Gasteiger partial charge is 0.0392 e. The lowest BCUT2D eigenvalue weighted by Crippen LogP contribution is -1.88. The first-order valence-electron chi connectivity index (χ1n) is 5.66. The molecule has 2 aromatic carbocycles. The third-order valence-corrected chi connectivity index (χ3v) is 3.00. The third-order valence-electron chi connectivity index (χ3n) is 3.00. The van der Waals surface area contributed by atoms with Crippen LogP contribution < -0.4 is 0 Å². The zero-order valence-corrected chi connectivity index (χ0v) is 10.6. The van der Waals surface area contributed by atoms with Crippen molar-refractivity contribution in [2.45, 2.75) is 27.7 Å². The van der Waals surface area contributed by atoms with Crippen molar-refractivity contribution in [2.24, 2.45) is 0 Å². The van der Waals surface area contributed by atoms with E-state index < -0.39 is 0 Å². The fourth-order valence-corrected chi connectivity index (χ4v) is 1.48. The largest absolute Gasteiger partial charge is 0.0623 e. The van der Waals surface area contributed by atoms with Crippen LogP contribution in [0, 0.1) is 27.7 Å². The van der Waals surface area contributed by atoms with Crippen molar-refractivity contribution in [3.05, 3.63) is 70.8 Å². The summed E-state index contributed by atoms with van der Waals surface area (Å²) >= 11 is 0. The third kappa shape index (κ3) is 3.54. The van der Waals surface area contributed by atoms with Gasteiger partial charge in [-0.1, -0.05) is 48.5 Å². The van der Waals surface area contributed by atoms with Gasteiger partial charge in [0.1, 0.15) is 0 Å². The fourth-order valence-electron chi connectivity index (χ4n) is 1.48. The molecular weight excluding hydrogens is 192 g/mol. The van der Waals surface area contributed by atoms with Crippen molar-refractivity contribution in [2.75, 3.05) is 0 Å². The number of hydrogen-bond donors (Lipinski definition) is 0. The number of aryl methyl sites for hydroxylation is 2. The highest BCUT2D eigenvalue weighted by Crippen LogP contribution is 2.15. The SMILES string of the molecule is Cc1ccc(C)c(C)c1C.c1ccccc1. The van der Waals surface area contributed by atoms with Crippen LogP contribution in [0.4, 0.5) is 0 Å². The molecule has 0 aliphatic rings. The average Bonchev–Trinajstić information content (AvgIpc) is 2.35. The molecule has 0 saturated heterocycles. The van der Waals surface area contributed by atoms with Crippen LogP contribution in [0.1, 0.15) is 22.3 Å². The molecule has 16 heavy (non-hydrogen) atoms. The van der Waals surface area contributed by atoms with Crippen LogP contribution in [0.3, 0.4) is 0 Å². The molecule has 0 heteroatoms. The normalized spacial score (nSPS) is 9.25. The van der Waals surface area contributed by atoms with Crippen molar-refractivity contribution >= 4 is 0 Å². The minimum Gasteiger partial charge on any atom is -0.0623 e. The first-order chi connectivity index (χ1) is 7.63. The molecule has 0 saturated carbocycles. The van der Waals surface area contributed by atoms with Gasteiger partial charge in [-0.25, -0.2) is 0 Å². The summed E-state index contributed by atoms with van der Waals surface area (Å²) in [5, 5.41) is 0. The van der Waals surface area contributed by atoms with E-state index in [1.807, 2.05) is 36.4 Å². The molecule has 2 rings (SSSR count). The van der Waals surface area contributed by atoms with Crippen LogP contribution in [0.25, 0.3) is 0 Å². The molecule has 0 unspecified atom stereocenters. The van der Waals surface area contributed by atoms with E-state index in [0.717, 1.165) is 0 Å². The van der Waals surface area contributed by atoms with Crippen molar-refractivity contribution in [3.8, 4) is 0 Å². The van der Waals surface area contributed by atoms with E-state index in [2.05, 4.69) is 39.8 Å². The van der Waals surface area contributed by atoms with Crippen LogP contribution in [0.5, 0.6) is 0 Å². The van der Waals surface area contributed by atoms with Crippen molar-refractivity contribution in [1.82, 2.24) is 0 Å². The summed E-state index contributed by atoms with van der Waals surface area (Å²) in [4.78, 5) is 0. The Morgan fingerprint density at radius 2 is 0.750 bits per heavy atom. The lowest BCUT2D eigenvalue weighted by Gasteiger charge is -2.06. The van der Waals surface area contributed by atoms with E-state index in [0.29, 0.717) is 0 Å². The Hall–Kier alpha value is -1.56. The van der Waals surface area contributed by atoms with Gasteiger partial charge in [0.15, 0.2) is 0 Å². The highest BCUT2D eigenvalue weighted by molar-refractivity contribution is 5.37. The summed E-state index contributed by atoms with van der Waals surface area (Å²) in [6, 6.07) is 16.4. The minimum atomic E-state index is 1.39. The Kier molecular flexibility index (Phi) is 4.78. The van der Waals surface area contributed by atoms with E-state index in [1.54, 1.807) is 0 Å². The van der Waals surface area contributed by atoms with Gasteiger partial charge in [-0.2, -0.15) is 0 Å².